The molecule has 0 fully saturated rings. The Morgan fingerprint density at radius 2 is 1.67 bits per heavy atom. The van der Waals surface area contributed by atoms with E-state index in [-0.39, 0.29) is 17.0 Å². The first-order valence-corrected chi connectivity index (χ1v) is 8.41. The molecule has 2 aromatic carbocycles. The molecule has 7 heteroatoms. The molecule has 0 aliphatic rings. The number of anilines is 2. The summed E-state index contributed by atoms with van der Waals surface area (Å²) in [5, 5.41) is 5.27. The van der Waals surface area contributed by atoms with Gasteiger partial charge in [0.15, 0.2) is 5.78 Å². The highest BCUT2D eigenvalue weighted by Crippen LogP contribution is 2.15. The van der Waals surface area contributed by atoms with Gasteiger partial charge in [0.1, 0.15) is 5.69 Å². The Labute approximate surface area is 156 Å². The Morgan fingerprint density at radius 1 is 0.963 bits per heavy atom. The number of nitrogens with zero attached hydrogens (tertiary/aromatic N) is 2. The number of hydrogen-bond acceptors (Lipinski definition) is 3. The van der Waals surface area contributed by atoms with Crippen LogP contribution < -0.4 is 16.2 Å². The number of urea groups is 1. The highest BCUT2D eigenvalue weighted by molar-refractivity contribution is 6.01. The number of ketones is 1. The minimum absolute atomic E-state index is 0.0938. The largest absolute Gasteiger partial charge is 0.323 e. The average molecular weight is 364 g/mol. The Kier molecular flexibility index (Phi) is 4.94. The second kappa shape index (κ2) is 7.33. The van der Waals surface area contributed by atoms with Gasteiger partial charge in [-0.3, -0.25) is 14.3 Å². The maximum absolute atomic E-state index is 12.8. The minimum Gasteiger partial charge on any atom is -0.308 e. The van der Waals surface area contributed by atoms with Crippen LogP contribution in [0, 0.1) is 6.92 Å². The van der Waals surface area contributed by atoms with E-state index in [0.29, 0.717) is 22.6 Å². The van der Waals surface area contributed by atoms with Gasteiger partial charge in [0.25, 0.3) is 5.56 Å². The lowest BCUT2D eigenvalue weighted by Crippen LogP contribution is -2.25. The first kappa shape index (κ1) is 18.2. The Hall–Kier alpha value is -3.61. The van der Waals surface area contributed by atoms with E-state index in [1.54, 1.807) is 42.9 Å². The van der Waals surface area contributed by atoms with Gasteiger partial charge in [0, 0.05) is 18.3 Å². The van der Waals surface area contributed by atoms with E-state index < -0.39 is 6.03 Å². The van der Waals surface area contributed by atoms with E-state index in [1.807, 2.05) is 30.3 Å². The number of carbonyl (C=O) groups is 2. The molecular weight excluding hydrogens is 344 g/mol. The predicted octanol–water partition coefficient (Wildman–Crippen LogP) is 3.33. The number of hydrogen-bond donors (Lipinski definition) is 2. The van der Waals surface area contributed by atoms with Crippen molar-refractivity contribution in [3.8, 4) is 5.69 Å². The molecule has 0 spiro atoms. The summed E-state index contributed by atoms with van der Waals surface area (Å²) in [5.41, 5.74) is 2.16. The molecule has 3 aromatic rings. The van der Waals surface area contributed by atoms with Crippen LogP contribution in [-0.2, 0) is 7.05 Å². The molecule has 0 saturated carbocycles. The van der Waals surface area contributed by atoms with E-state index in [9.17, 15) is 14.4 Å². The van der Waals surface area contributed by atoms with E-state index in [1.165, 1.54) is 11.6 Å². The first-order chi connectivity index (χ1) is 12.9. The summed E-state index contributed by atoms with van der Waals surface area (Å²) >= 11 is 0. The third-order valence-electron chi connectivity index (χ3n) is 4.32. The summed E-state index contributed by atoms with van der Waals surface area (Å²) in [5.74, 6) is -0.0938. The van der Waals surface area contributed by atoms with Crippen molar-refractivity contribution in [3.05, 3.63) is 76.2 Å². The van der Waals surface area contributed by atoms with E-state index in [4.69, 9.17) is 0 Å². The normalized spacial score (nSPS) is 10.5. The fourth-order valence-electron chi connectivity index (χ4n) is 2.80. The first-order valence-electron chi connectivity index (χ1n) is 8.41. The average Bonchev–Trinajstić information content (AvgIpc) is 2.86. The lowest BCUT2D eigenvalue weighted by atomic mass is 10.1. The highest BCUT2D eigenvalue weighted by Gasteiger charge is 2.18. The van der Waals surface area contributed by atoms with Gasteiger partial charge >= 0.3 is 6.03 Å². The Morgan fingerprint density at radius 3 is 2.33 bits per heavy atom. The third kappa shape index (κ3) is 3.67. The van der Waals surface area contributed by atoms with Gasteiger partial charge < -0.3 is 10.6 Å². The van der Waals surface area contributed by atoms with Crippen LogP contribution in [0.2, 0.25) is 0 Å². The molecule has 0 atom stereocenters. The molecule has 0 radical (unpaired) electrons. The minimum atomic E-state index is -0.554. The van der Waals surface area contributed by atoms with Crippen molar-refractivity contribution in [2.24, 2.45) is 7.05 Å². The molecule has 7 nitrogen and oxygen atoms in total. The lowest BCUT2D eigenvalue weighted by Gasteiger charge is -2.08. The van der Waals surface area contributed by atoms with Crippen LogP contribution >= 0.6 is 0 Å². The van der Waals surface area contributed by atoms with E-state index in [0.717, 1.165) is 0 Å². The summed E-state index contributed by atoms with van der Waals surface area (Å²) in [4.78, 5) is 36.6. The standard InChI is InChI=1S/C20H20N4O3/c1-13-18(19(26)24(23(13)3)17-10-5-4-6-11-17)22-20(27)21-16-9-7-8-15(12-16)14(2)25/h4-12H,1-3H3,(H2,21,22,27). The number of Topliss-reactive ketones (excluding diaryl/α,β-unsaturated/α-hetero) is 1. The second-order valence-electron chi connectivity index (χ2n) is 6.15. The summed E-state index contributed by atoms with van der Waals surface area (Å²) in [6, 6.07) is 15.2. The SMILES string of the molecule is CC(=O)c1cccc(NC(=O)Nc2c(C)n(C)n(-c3ccccc3)c2=O)c1. The fraction of sp³-hybridized carbons (Fsp3) is 0.150. The number of carbonyl (C=O) groups excluding carboxylic acids is 2. The van der Waals surface area contributed by atoms with Gasteiger partial charge in [-0.1, -0.05) is 30.3 Å². The molecular formula is C20H20N4O3. The van der Waals surface area contributed by atoms with Crippen molar-refractivity contribution < 1.29 is 9.59 Å². The molecule has 0 bridgehead atoms. The summed E-state index contributed by atoms with van der Waals surface area (Å²) in [7, 11) is 1.75. The fourth-order valence-corrected chi connectivity index (χ4v) is 2.80. The van der Waals surface area contributed by atoms with Crippen molar-refractivity contribution in [3.63, 3.8) is 0 Å². The van der Waals surface area contributed by atoms with Crippen LogP contribution in [0.1, 0.15) is 23.0 Å². The van der Waals surface area contributed by atoms with Crippen molar-refractivity contribution in [2.75, 3.05) is 10.6 Å². The van der Waals surface area contributed by atoms with Gasteiger partial charge in [-0.15, -0.1) is 0 Å². The third-order valence-corrected chi connectivity index (χ3v) is 4.32. The number of para-hydroxylation sites is 1. The van der Waals surface area contributed by atoms with Crippen molar-refractivity contribution in [2.45, 2.75) is 13.8 Å². The molecule has 0 aliphatic carbocycles. The smallest absolute Gasteiger partial charge is 0.308 e. The van der Waals surface area contributed by atoms with Crippen LogP contribution in [0.5, 0.6) is 0 Å². The predicted molar refractivity (Wildman–Crippen MR) is 105 cm³/mol. The summed E-state index contributed by atoms with van der Waals surface area (Å²) in [6.07, 6.45) is 0. The van der Waals surface area contributed by atoms with Crippen LogP contribution in [0.15, 0.2) is 59.4 Å². The molecule has 0 aliphatic heterocycles. The number of rotatable bonds is 4. The molecule has 0 saturated heterocycles. The molecule has 3 rings (SSSR count). The molecule has 138 valence electrons. The quantitative estimate of drug-likeness (QED) is 0.697. The van der Waals surface area contributed by atoms with Crippen molar-refractivity contribution in [1.82, 2.24) is 9.36 Å². The Bertz CT molecular complexity index is 1060. The molecule has 2 amide bonds. The molecule has 0 unspecified atom stereocenters. The molecule has 1 aromatic heterocycles. The molecule has 2 N–H and O–H groups in total. The molecule has 1 heterocycles. The van der Waals surface area contributed by atoms with Gasteiger partial charge in [-0.2, -0.15) is 0 Å². The second-order valence-corrected chi connectivity index (χ2v) is 6.15. The zero-order valence-electron chi connectivity index (χ0n) is 15.3. The van der Waals surface area contributed by atoms with Gasteiger partial charge in [-0.05, 0) is 38.1 Å². The van der Waals surface area contributed by atoms with Crippen molar-refractivity contribution in [1.29, 1.82) is 0 Å². The van der Waals surface area contributed by atoms with Crippen LogP contribution in [0.3, 0.4) is 0 Å². The maximum atomic E-state index is 12.8. The molecule has 27 heavy (non-hydrogen) atoms. The van der Waals surface area contributed by atoms with Crippen LogP contribution in [0.25, 0.3) is 5.69 Å². The van der Waals surface area contributed by atoms with Gasteiger partial charge in [0.05, 0.1) is 11.4 Å². The van der Waals surface area contributed by atoms with Crippen molar-refractivity contribution >= 4 is 23.2 Å². The number of nitrogens with one attached hydrogen (secondary N) is 2. The van der Waals surface area contributed by atoms with E-state index >= 15 is 0 Å². The zero-order chi connectivity index (χ0) is 19.6. The maximum Gasteiger partial charge on any atom is 0.323 e. The summed E-state index contributed by atoms with van der Waals surface area (Å²) in [6.45, 7) is 3.21. The lowest BCUT2D eigenvalue weighted by molar-refractivity contribution is 0.101. The zero-order valence-corrected chi connectivity index (χ0v) is 15.3. The Balaban J connectivity index is 1.86. The van der Waals surface area contributed by atoms with Crippen LogP contribution in [0.4, 0.5) is 16.2 Å². The number of amides is 2. The number of aromatic nitrogens is 2. The van der Waals surface area contributed by atoms with E-state index in [2.05, 4.69) is 10.6 Å². The van der Waals surface area contributed by atoms with Gasteiger partial charge in [0.2, 0.25) is 0 Å². The monoisotopic (exact) mass is 364 g/mol. The van der Waals surface area contributed by atoms with Gasteiger partial charge in [-0.25, -0.2) is 9.48 Å². The topological polar surface area (TPSA) is 85.1 Å². The van der Waals surface area contributed by atoms with Crippen LogP contribution in [-0.4, -0.2) is 21.2 Å². The summed E-state index contributed by atoms with van der Waals surface area (Å²) < 4.78 is 3.17. The highest BCUT2D eigenvalue weighted by atomic mass is 16.2. The number of benzene rings is 2.